The lowest BCUT2D eigenvalue weighted by Gasteiger charge is -2.22. The van der Waals surface area contributed by atoms with Crippen LogP contribution in [0.15, 0.2) is 42.9 Å². The van der Waals surface area contributed by atoms with E-state index in [1.165, 1.54) is 0 Å². The number of amides is 1. The highest BCUT2D eigenvalue weighted by molar-refractivity contribution is 6.05. The zero-order valence-corrected chi connectivity index (χ0v) is 13.4. The topological polar surface area (TPSA) is 85.7 Å². The molecule has 6 nitrogen and oxygen atoms in total. The van der Waals surface area contributed by atoms with Gasteiger partial charge < -0.3 is 4.90 Å². The number of benzene rings is 1. The van der Waals surface area contributed by atoms with E-state index in [4.69, 9.17) is 5.26 Å². The van der Waals surface area contributed by atoms with E-state index >= 15 is 0 Å². The Morgan fingerprint density at radius 1 is 1.38 bits per heavy atom. The van der Waals surface area contributed by atoms with Crippen molar-refractivity contribution in [2.24, 2.45) is 0 Å². The monoisotopic (exact) mass is 319 g/mol. The zero-order valence-electron chi connectivity index (χ0n) is 13.4. The molecule has 3 aromatic rings. The Morgan fingerprint density at radius 3 is 3.00 bits per heavy atom. The number of fused-ring (bicyclic) bond motifs is 1. The number of nitriles is 1. The third-order valence-electron chi connectivity index (χ3n) is 3.80. The molecule has 0 saturated heterocycles. The van der Waals surface area contributed by atoms with Gasteiger partial charge in [-0.1, -0.05) is 6.07 Å². The summed E-state index contributed by atoms with van der Waals surface area (Å²) in [6, 6.07) is 9.69. The second kappa shape index (κ2) is 6.92. The maximum Gasteiger partial charge on any atom is 0.256 e. The minimum Gasteiger partial charge on any atom is -0.333 e. The van der Waals surface area contributed by atoms with E-state index in [-0.39, 0.29) is 12.3 Å². The van der Waals surface area contributed by atoms with E-state index in [0.29, 0.717) is 18.7 Å². The number of nitrogens with one attached hydrogen (secondary N) is 1. The molecular formula is C18H17N5O. The molecule has 2 heterocycles. The minimum atomic E-state index is -0.118. The van der Waals surface area contributed by atoms with Gasteiger partial charge in [0.2, 0.25) is 0 Å². The van der Waals surface area contributed by atoms with Gasteiger partial charge in [0, 0.05) is 30.9 Å². The molecule has 6 heteroatoms. The molecule has 1 aromatic carbocycles. The first kappa shape index (κ1) is 15.7. The van der Waals surface area contributed by atoms with Crippen molar-refractivity contribution in [1.29, 1.82) is 5.26 Å². The lowest BCUT2D eigenvalue weighted by Crippen LogP contribution is -2.31. The van der Waals surface area contributed by atoms with Crippen LogP contribution in [-0.4, -0.2) is 32.5 Å². The molecule has 0 atom stereocenters. The lowest BCUT2D eigenvalue weighted by molar-refractivity contribution is 0.0748. The molecular weight excluding hydrogens is 302 g/mol. The van der Waals surface area contributed by atoms with E-state index in [1.54, 1.807) is 23.5 Å². The van der Waals surface area contributed by atoms with Gasteiger partial charge in [0.15, 0.2) is 0 Å². The van der Waals surface area contributed by atoms with Crippen molar-refractivity contribution in [1.82, 2.24) is 20.1 Å². The molecule has 0 aliphatic carbocycles. The summed E-state index contributed by atoms with van der Waals surface area (Å²) in [6.07, 6.45) is 5.41. The molecule has 3 rings (SSSR count). The molecule has 0 fully saturated rings. The van der Waals surface area contributed by atoms with Gasteiger partial charge in [-0.3, -0.25) is 14.9 Å². The fourth-order valence-corrected chi connectivity index (χ4v) is 2.70. The van der Waals surface area contributed by atoms with E-state index in [2.05, 4.69) is 21.3 Å². The molecule has 0 radical (unpaired) electrons. The average molecular weight is 319 g/mol. The van der Waals surface area contributed by atoms with E-state index < -0.39 is 0 Å². The first-order valence-electron chi connectivity index (χ1n) is 7.68. The van der Waals surface area contributed by atoms with Gasteiger partial charge in [0.25, 0.3) is 5.91 Å². The third kappa shape index (κ3) is 3.25. The molecule has 120 valence electrons. The molecule has 0 saturated carbocycles. The molecule has 2 aromatic heterocycles. The highest BCUT2D eigenvalue weighted by Gasteiger charge is 2.19. The highest BCUT2D eigenvalue weighted by Crippen LogP contribution is 2.21. The third-order valence-corrected chi connectivity index (χ3v) is 3.80. The molecule has 0 spiro atoms. The van der Waals surface area contributed by atoms with Crippen LogP contribution < -0.4 is 0 Å². The largest absolute Gasteiger partial charge is 0.333 e. The second-order valence-corrected chi connectivity index (χ2v) is 5.64. The molecule has 0 aliphatic rings. The number of pyridine rings is 1. The van der Waals surface area contributed by atoms with Gasteiger partial charge >= 0.3 is 0 Å². The summed E-state index contributed by atoms with van der Waals surface area (Å²) in [4.78, 5) is 18.8. The van der Waals surface area contributed by atoms with Gasteiger partial charge in [0.1, 0.15) is 0 Å². The Kier molecular flexibility index (Phi) is 4.52. The summed E-state index contributed by atoms with van der Waals surface area (Å²) in [5.41, 5.74) is 3.22. The van der Waals surface area contributed by atoms with Crippen LogP contribution in [0.5, 0.6) is 0 Å². The van der Waals surface area contributed by atoms with Crippen LogP contribution in [0.25, 0.3) is 10.9 Å². The summed E-state index contributed by atoms with van der Waals surface area (Å²) in [6.45, 7) is 2.73. The lowest BCUT2D eigenvalue weighted by atomic mass is 10.1. The van der Waals surface area contributed by atoms with Crippen molar-refractivity contribution >= 4 is 16.8 Å². The summed E-state index contributed by atoms with van der Waals surface area (Å²) in [5.74, 6) is -0.118. The number of carbonyl (C=O) groups excluding carboxylic acids is 1. The van der Waals surface area contributed by atoms with Crippen LogP contribution in [0.1, 0.15) is 27.9 Å². The van der Waals surface area contributed by atoms with Gasteiger partial charge in [-0.25, -0.2) is 0 Å². The highest BCUT2D eigenvalue weighted by atomic mass is 16.2. The summed E-state index contributed by atoms with van der Waals surface area (Å²) >= 11 is 0. The number of aryl methyl sites for hydroxylation is 1. The molecule has 0 aliphatic heterocycles. The summed E-state index contributed by atoms with van der Waals surface area (Å²) in [7, 11) is 0. The van der Waals surface area contributed by atoms with Gasteiger partial charge in [-0.05, 0) is 36.2 Å². The molecule has 24 heavy (non-hydrogen) atoms. The van der Waals surface area contributed by atoms with Crippen molar-refractivity contribution in [3.8, 4) is 6.07 Å². The van der Waals surface area contributed by atoms with Gasteiger partial charge in [0.05, 0.1) is 29.8 Å². The second-order valence-electron chi connectivity index (χ2n) is 5.64. The Bertz CT molecular complexity index is 895. The predicted molar refractivity (Wildman–Crippen MR) is 90.0 cm³/mol. The Balaban J connectivity index is 1.95. The molecule has 0 unspecified atom stereocenters. The van der Waals surface area contributed by atoms with E-state index in [1.807, 2.05) is 31.2 Å². The summed E-state index contributed by atoms with van der Waals surface area (Å²) in [5, 5.41) is 16.7. The molecule has 1 N–H and O–H groups in total. The summed E-state index contributed by atoms with van der Waals surface area (Å²) < 4.78 is 0. The first-order chi connectivity index (χ1) is 11.7. The zero-order chi connectivity index (χ0) is 16.9. The smallest absolute Gasteiger partial charge is 0.256 e. The number of rotatable bonds is 5. The quantitative estimate of drug-likeness (QED) is 0.783. The van der Waals surface area contributed by atoms with Crippen LogP contribution in [-0.2, 0) is 6.54 Å². The van der Waals surface area contributed by atoms with Crippen molar-refractivity contribution < 1.29 is 4.79 Å². The SMILES string of the molecule is Cc1cc(C(=O)N(CCC#N)Cc2cccnc2)c2[nH]ncc2c1. The Morgan fingerprint density at radius 2 is 2.25 bits per heavy atom. The molecule has 0 bridgehead atoms. The standard InChI is InChI=1S/C18H17N5O/c1-13-8-15-11-21-22-17(15)16(9-13)18(24)23(7-3-5-19)12-14-4-2-6-20-10-14/h2,4,6,8-11H,3,7,12H2,1H3,(H,21,22). The fourth-order valence-electron chi connectivity index (χ4n) is 2.70. The van der Waals surface area contributed by atoms with Crippen molar-refractivity contribution in [2.75, 3.05) is 6.54 Å². The van der Waals surface area contributed by atoms with Crippen LogP contribution in [0.4, 0.5) is 0 Å². The number of H-pyrrole nitrogens is 1. The van der Waals surface area contributed by atoms with E-state index in [0.717, 1.165) is 22.0 Å². The van der Waals surface area contributed by atoms with Crippen LogP contribution >= 0.6 is 0 Å². The average Bonchev–Trinajstić information content (AvgIpc) is 3.06. The minimum absolute atomic E-state index is 0.118. The molecule has 1 amide bonds. The van der Waals surface area contributed by atoms with Crippen molar-refractivity contribution in [2.45, 2.75) is 19.9 Å². The predicted octanol–water partition coefficient (Wildman–Crippen LogP) is 2.82. The van der Waals surface area contributed by atoms with Crippen LogP contribution in [0.2, 0.25) is 0 Å². The van der Waals surface area contributed by atoms with Gasteiger partial charge in [-0.15, -0.1) is 0 Å². The van der Waals surface area contributed by atoms with Crippen molar-refractivity contribution in [3.05, 3.63) is 59.5 Å². The number of nitrogens with zero attached hydrogens (tertiary/aromatic N) is 4. The number of aromatic amines is 1. The normalized spacial score (nSPS) is 10.5. The maximum absolute atomic E-state index is 13.1. The van der Waals surface area contributed by atoms with Crippen LogP contribution in [0, 0.1) is 18.3 Å². The van der Waals surface area contributed by atoms with Crippen LogP contribution in [0.3, 0.4) is 0 Å². The Labute approximate surface area is 139 Å². The van der Waals surface area contributed by atoms with Gasteiger partial charge in [-0.2, -0.15) is 10.4 Å². The van der Waals surface area contributed by atoms with E-state index in [9.17, 15) is 4.79 Å². The number of hydrogen-bond acceptors (Lipinski definition) is 4. The van der Waals surface area contributed by atoms with Crippen molar-refractivity contribution in [3.63, 3.8) is 0 Å². The number of aromatic nitrogens is 3. The fraction of sp³-hybridized carbons (Fsp3) is 0.222. The Hall–Kier alpha value is -3.20. The number of carbonyl (C=O) groups is 1. The maximum atomic E-state index is 13.1. The first-order valence-corrected chi connectivity index (χ1v) is 7.68. The number of hydrogen-bond donors (Lipinski definition) is 1.